The van der Waals surface area contributed by atoms with E-state index in [1.807, 2.05) is 32.2 Å². The van der Waals surface area contributed by atoms with Gasteiger partial charge in [-0.1, -0.05) is 23.5 Å². The largest absolute Gasteiger partial charge is 0.360 e. The minimum atomic E-state index is 0.483. The van der Waals surface area contributed by atoms with Gasteiger partial charge in [0.2, 0.25) is 0 Å². The van der Waals surface area contributed by atoms with E-state index < -0.39 is 0 Å². The standard InChI is InChI=1S/C16H22N8S/c1-3-17-15(20-10-14-21-11-22-24(14)2)18-8-9-19-16-23-12-6-4-5-7-13(12)25-16/h4-7,11H,3,8-10H2,1-2H3,(H,19,23)(H2,17,18,20). The number of para-hydroxylation sites is 1. The van der Waals surface area contributed by atoms with E-state index in [4.69, 9.17) is 0 Å². The lowest BCUT2D eigenvalue weighted by Gasteiger charge is -2.11. The van der Waals surface area contributed by atoms with Crippen LogP contribution >= 0.6 is 11.3 Å². The number of anilines is 1. The molecule has 0 amide bonds. The predicted molar refractivity (Wildman–Crippen MR) is 102 cm³/mol. The van der Waals surface area contributed by atoms with Crippen molar-refractivity contribution < 1.29 is 0 Å². The van der Waals surface area contributed by atoms with Crippen LogP contribution in [0.5, 0.6) is 0 Å². The van der Waals surface area contributed by atoms with E-state index in [1.54, 1.807) is 16.0 Å². The summed E-state index contributed by atoms with van der Waals surface area (Å²) in [5.74, 6) is 1.58. The third-order valence-electron chi connectivity index (χ3n) is 3.52. The molecule has 25 heavy (non-hydrogen) atoms. The first-order valence-electron chi connectivity index (χ1n) is 8.20. The zero-order valence-corrected chi connectivity index (χ0v) is 15.2. The van der Waals surface area contributed by atoms with Crippen molar-refractivity contribution in [1.82, 2.24) is 30.4 Å². The van der Waals surface area contributed by atoms with Crippen molar-refractivity contribution in [3.05, 3.63) is 36.4 Å². The second kappa shape index (κ2) is 8.43. The van der Waals surface area contributed by atoms with Gasteiger partial charge in [-0.25, -0.2) is 15.0 Å². The van der Waals surface area contributed by atoms with E-state index in [1.165, 1.54) is 11.0 Å². The Labute approximate surface area is 150 Å². The van der Waals surface area contributed by atoms with Crippen LogP contribution in [0, 0.1) is 0 Å². The van der Waals surface area contributed by atoms with Crippen LogP contribution in [-0.4, -0.2) is 45.3 Å². The van der Waals surface area contributed by atoms with Gasteiger partial charge in [-0.15, -0.1) is 0 Å². The van der Waals surface area contributed by atoms with Crippen LogP contribution in [0.15, 0.2) is 35.6 Å². The maximum absolute atomic E-state index is 4.56. The molecule has 0 aliphatic heterocycles. The number of aromatic nitrogens is 4. The summed E-state index contributed by atoms with van der Waals surface area (Å²) in [6, 6.07) is 8.14. The molecule has 0 atom stereocenters. The molecule has 0 aliphatic carbocycles. The zero-order chi connectivity index (χ0) is 17.5. The summed E-state index contributed by atoms with van der Waals surface area (Å²) in [4.78, 5) is 13.3. The number of guanidine groups is 1. The molecule has 132 valence electrons. The van der Waals surface area contributed by atoms with E-state index >= 15 is 0 Å². The Morgan fingerprint density at radius 3 is 2.88 bits per heavy atom. The smallest absolute Gasteiger partial charge is 0.191 e. The number of hydrogen-bond acceptors (Lipinski definition) is 6. The van der Waals surface area contributed by atoms with Gasteiger partial charge in [0.05, 0.1) is 10.2 Å². The molecule has 0 spiro atoms. The fourth-order valence-corrected chi connectivity index (χ4v) is 3.14. The molecule has 8 nitrogen and oxygen atoms in total. The van der Waals surface area contributed by atoms with E-state index in [2.05, 4.69) is 42.1 Å². The molecule has 0 bridgehead atoms. The van der Waals surface area contributed by atoms with Crippen LogP contribution in [0.3, 0.4) is 0 Å². The average molecular weight is 358 g/mol. The highest BCUT2D eigenvalue weighted by Crippen LogP contribution is 2.24. The number of nitrogens with zero attached hydrogens (tertiary/aromatic N) is 5. The SMILES string of the molecule is CCNC(=NCc1ncnn1C)NCCNc1nc2ccccc2s1. The van der Waals surface area contributed by atoms with E-state index in [0.717, 1.165) is 42.1 Å². The predicted octanol–water partition coefficient (Wildman–Crippen LogP) is 1.59. The molecule has 0 radical (unpaired) electrons. The van der Waals surface area contributed by atoms with Crippen molar-refractivity contribution >= 4 is 32.6 Å². The quantitative estimate of drug-likeness (QED) is 0.337. The topological polar surface area (TPSA) is 92.0 Å². The Hall–Kier alpha value is -2.68. The lowest BCUT2D eigenvalue weighted by molar-refractivity contribution is 0.698. The van der Waals surface area contributed by atoms with Gasteiger partial charge in [-0.3, -0.25) is 4.68 Å². The molecule has 3 N–H and O–H groups in total. The van der Waals surface area contributed by atoms with Crippen LogP contribution < -0.4 is 16.0 Å². The molecular weight excluding hydrogens is 336 g/mol. The van der Waals surface area contributed by atoms with Crippen molar-refractivity contribution in [3.63, 3.8) is 0 Å². The van der Waals surface area contributed by atoms with Crippen molar-refractivity contribution in [2.75, 3.05) is 25.0 Å². The Bertz CT molecular complexity index is 804. The highest BCUT2D eigenvalue weighted by atomic mass is 32.1. The van der Waals surface area contributed by atoms with Gasteiger partial charge in [-0.2, -0.15) is 5.10 Å². The molecule has 0 unspecified atom stereocenters. The van der Waals surface area contributed by atoms with Gasteiger partial charge in [0.15, 0.2) is 11.1 Å². The summed E-state index contributed by atoms with van der Waals surface area (Å²) in [6.07, 6.45) is 1.53. The number of thiazole rings is 1. The van der Waals surface area contributed by atoms with Gasteiger partial charge in [0.25, 0.3) is 0 Å². The lowest BCUT2D eigenvalue weighted by atomic mass is 10.3. The molecule has 3 rings (SSSR count). The molecule has 3 aromatic rings. The van der Waals surface area contributed by atoms with Crippen LogP contribution in [0.2, 0.25) is 0 Å². The van der Waals surface area contributed by atoms with Crippen LogP contribution in [0.25, 0.3) is 10.2 Å². The third-order valence-corrected chi connectivity index (χ3v) is 4.51. The zero-order valence-electron chi connectivity index (χ0n) is 14.4. The second-order valence-electron chi connectivity index (χ2n) is 5.34. The highest BCUT2D eigenvalue weighted by molar-refractivity contribution is 7.22. The lowest BCUT2D eigenvalue weighted by Crippen LogP contribution is -2.39. The maximum Gasteiger partial charge on any atom is 0.191 e. The Morgan fingerprint density at radius 2 is 2.12 bits per heavy atom. The first-order chi connectivity index (χ1) is 12.3. The van der Waals surface area contributed by atoms with Gasteiger partial charge in [0, 0.05) is 26.7 Å². The summed E-state index contributed by atoms with van der Waals surface area (Å²) in [6.45, 7) is 4.82. The molecular formula is C16H22N8S. The summed E-state index contributed by atoms with van der Waals surface area (Å²) >= 11 is 1.66. The molecule has 0 saturated heterocycles. The van der Waals surface area contributed by atoms with E-state index in [-0.39, 0.29) is 0 Å². The van der Waals surface area contributed by atoms with Crippen LogP contribution in [0.4, 0.5) is 5.13 Å². The highest BCUT2D eigenvalue weighted by Gasteiger charge is 2.03. The monoisotopic (exact) mass is 358 g/mol. The van der Waals surface area contributed by atoms with Gasteiger partial charge in [-0.05, 0) is 19.1 Å². The number of hydrogen-bond donors (Lipinski definition) is 3. The summed E-state index contributed by atoms with van der Waals surface area (Å²) in [5, 5.41) is 14.9. The van der Waals surface area contributed by atoms with Gasteiger partial charge >= 0.3 is 0 Å². The summed E-state index contributed by atoms with van der Waals surface area (Å²) in [5.41, 5.74) is 1.03. The first kappa shape index (κ1) is 17.2. The Morgan fingerprint density at radius 1 is 1.24 bits per heavy atom. The number of rotatable bonds is 7. The number of aliphatic imine (C=N–C) groups is 1. The van der Waals surface area contributed by atoms with Crippen molar-refractivity contribution in [2.24, 2.45) is 12.0 Å². The van der Waals surface area contributed by atoms with Crippen LogP contribution in [0.1, 0.15) is 12.7 Å². The molecule has 2 heterocycles. The molecule has 1 aromatic carbocycles. The minimum Gasteiger partial charge on any atom is -0.360 e. The second-order valence-corrected chi connectivity index (χ2v) is 6.37. The van der Waals surface area contributed by atoms with Gasteiger partial charge in [0.1, 0.15) is 18.7 Å². The molecule has 9 heteroatoms. The van der Waals surface area contributed by atoms with Crippen molar-refractivity contribution in [3.8, 4) is 0 Å². The Kier molecular flexibility index (Phi) is 5.78. The number of nitrogens with one attached hydrogen (secondary N) is 3. The summed E-state index contributed by atoms with van der Waals surface area (Å²) < 4.78 is 2.92. The molecule has 0 saturated carbocycles. The number of benzene rings is 1. The van der Waals surface area contributed by atoms with E-state index in [9.17, 15) is 0 Å². The molecule has 0 aliphatic rings. The first-order valence-corrected chi connectivity index (χ1v) is 9.02. The fourth-order valence-electron chi connectivity index (χ4n) is 2.25. The minimum absolute atomic E-state index is 0.483. The number of fused-ring (bicyclic) bond motifs is 1. The van der Waals surface area contributed by atoms with Crippen LogP contribution in [-0.2, 0) is 13.6 Å². The Balaban J connectivity index is 1.48. The fraction of sp³-hybridized carbons (Fsp3) is 0.375. The van der Waals surface area contributed by atoms with Gasteiger partial charge < -0.3 is 16.0 Å². The van der Waals surface area contributed by atoms with Crippen molar-refractivity contribution in [2.45, 2.75) is 13.5 Å². The third kappa shape index (κ3) is 4.66. The number of aryl methyl sites for hydroxylation is 1. The van der Waals surface area contributed by atoms with Crippen molar-refractivity contribution in [1.29, 1.82) is 0 Å². The molecule has 0 fully saturated rings. The van der Waals surface area contributed by atoms with E-state index in [0.29, 0.717) is 6.54 Å². The summed E-state index contributed by atoms with van der Waals surface area (Å²) in [7, 11) is 1.86. The molecule has 2 aromatic heterocycles. The average Bonchev–Trinajstić information content (AvgIpc) is 3.21. The maximum atomic E-state index is 4.56. The normalized spacial score (nSPS) is 11.7.